The molecule has 0 spiro atoms. The highest BCUT2D eigenvalue weighted by atomic mass is 16.6. The number of nitro benzene ring substituents is 1. The van der Waals surface area contributed by atoms with Gasteiger partial charge in [-0.1, -0.05) is 6.07 Å². The van der Waals surface area contributed by atoms with Crippen LogP contribution >= 0.6 is 0 Å². The molecule has 2 rings (SSSR count). The lowest BCUT2D eigenvalue weighted by Gasteiger charge is -2.09. The highest BCUT2D eigenvalue weighted by molar-refractivity contribution is 5.98. The van der Waals surface area contributed by atoms with Crippen LogP contribution in [-0.2, 0) is 11.2 Å². The largest absolute Gasteiger partial charge is 0.496 e. The molecule has 0 amide bonds. The molecular formula is C17H15NO6. The molecule has 7 nitrogen and oxygen atoms in total. The van der Waals surface area contributed by atoms with E-state index < -0.39 is 10.9 Å². The molecule has 2 aromatic rings. The van der Waals surface area contributed by atoms with Gasteiger partial charge in [-0.2, -0.15) is 0 Å². The summed E-state index contributed by atoms with van der Waals surface area (Å²) in [5.74, 6) is -0.421. The summed E-state index contributed by atoms with van der Waals surface area (Å²) >= 11 is 0. The van der Waals surface area contributed by atoms with Crippen molar-refractivity contribution >= 4 is 17.4 Å². The van der Waals surface area contributed by atoms with Crippen LogP contribution in [0.4, 0.5) is 5.69 Å². The molecule has 2 aromatic carbocycles. The summed E-state index contributed by atoms with van der Waals surface area (Å²) in [4.78, 5) is 34.1. The van der Waals surface area contributed by atoms with Crippen molar-refractivity contribution in [3.05, 3.63) is 69.3 Å². The van der Waals surface area contributed by atoms with Gasteiger partial charge in [0.1, 0.15) is 11.3 Å². The highest BCUT2D eigenvalue weighted by Gasteiger charge is 2.16. The van der Waals surface area contributed by atoms with Gasteiger partial charge in [0, 0.05) is 24.1 Å². The van der Waals surface area contributed by atoms with E-state index in [1.807, 2.05) is 0 Å². The molecule has 0 saturated heterocycles. The van der Waals surface area contributed by atoms with Crippen LogP contribution in [0.5, 0.6) is 5.75 Å². The Morgan fingerprint density at radius 1 is 1.08 bits per heavy atom. The Bertz CT molecular complexity index is 782. The van der Waals surface area contributed by atoms with Crippen LogP contribution in [0, 0.1) is 10.1 Å². The van der Waals surface area contributed by atoms with E-state index in [0.717, 1.165) is 0 Å². The van der Waals surface area contributed by atoms with Crippen molar-refractivity contribution in [3.63, 3.8) is 0 Å². The number of ether oxygens (including phenoxy) is 2. The number of nitro groups is 1. The quantitative estimate of drug-likeness (QED) is 0.350. The lowest BCUT2D eigenvalue weighted by molar-refractivity contribution is -0.384. The minimum atomic E-state index is -0.559. The molecule has 0 N–H and O–H groups in total. The standard InChI is InChI=1S/C17H15NO6/c1-23-16-8-3-11(9-14(16)17(20)24-2)10-15(19)12-4-6-13(7-5-12)18(21)22/h3-9H,10H2,1-2H3. The summed E-state index contributed by atoms with van der Waals surface area (Å²) in [6.07, 6.45) is 0.0474. The number of non-ortho nitro benzene ring substituents is 1. The van der Waals surface area contributed by atoms with Crippen LogP contribution in [0.1, 0.15) is 26.3 Å². The maximum absolute atomic E-state index is 12.3. The summed E-state index contributed by atoms with van der Waals surface area (Å²) in [5, 5.41) is 10.6. The molecule has 0 aliphatic carbocycles. The van der Waals surface area contributed by atoms with Gasteiger partial charge in [0.15, 0.2) is 5.78 Å². The summed E-state index contributed by atoms with van der Waals surface area (Å²) in [5.41, 5.74) is 1.12. The zero-order chi connectivity index (χ0) is 17.7. The van der Waals surface area contributed by atoms with E-state index in [9.17, 15) is 19.7 Å². The molecule has 0 aliphatic heterocycles. The number of esters is 1. The van der Waals surface area contributed by atoms with Gasteiger partial charge < -0.3 is 9.47 Å². The number of carbonyl (C=O) groups excluding carboxylic acids is 2. The molecule has 0 fully saturated rings. The number of carbonyl (C=O) groups is 2. The molecule has 0 aromatic heterocycles. The third-order valence-electron chi connectivity index (χ3n) is 3.43. The number of ketones is 1. The monoisotopic (exact) mass is 329 g/mol. The number of benzene rings is 2. The van der Waals surface area contributed by atoms with E-state index in [4.69, 9.17) is 9.47 Å². The topological polar surface area (TPSA) is 95.7 Å². The average Bonchev–Trinajstić information content (AvgIpc) is 2.60. The molecule has 0 saturated carbocycles. The molecule has 0 heterocycles. The molecule has 0 atom stereocenters. The molecule has 0 unspecified atom stereocenters. The van der Waals surface area contributed by atoms with Gasteiger partial charge >= 0.3 is 5.97 Å². The summed E-state index contributed by atoms with van der Waals surface area (Å²) < 4.78 is 9.79. The number of methoxy groups -OCH3 is 2. The first-order chi connectivity index (χ1) is 11.5. The van der Waals surface area contributed by atoms with Crippen LogP contribution in [0.3, 0.4) is 0 Å². The second kappa shape index (κ2) is 7.36. The Balaban J connectivity index is 2.22. The zero-order valence-corrected chi connectivity index (χ0v) is 13.1. The van der Waals surface area contributed by atoms with E-state index in [-0.39, 0.29) is 23.5 Å². The Morgan fingerprint density at radius 2 is 1.75 bits per heavy atom. The van der Waals surface area contributed by atoms with Crippen LogP contribution in [0.15, 0.2) is 42.5 Å². The fourth-order valence-electron chi connectivity index (χ4n) is 2.19. The predicted octanol–water partition coefficient (Wildman–Crippen LogP) is 2.82. The fourth-order valence-corrected chi connectivity index (χ4v) is 2.19. The second-order valence-electron chi connectivity index (χ2n) is 4.93. The maximum Gasteiger partial charge on any atom is 0.341 e. The molecule has 0 radical (unpaired) electrons. The van der Waals surface area contributed by atoms with Crippen LogP contribution in [-0.4, -0.2) is 30.9 Å². The van der Waals surface area contributed by atoms with Crippen molar-refractivity contribution < 1.29 is 24.0 Å². The third-order valence-corrected chi connectivity index (χ3v) is 3.43. The molecular weight excluding hydrogens is 314 g/mol. The first-order valence-electron chi connectivity index (χ1n) is 6.99. The smallest absolute Gasteiger partial charge is 0.341 e. The molecule has 7 heteroatoms. The van der Waals surface area contributed by atoms with Crippen LogP contribution in [0.25, 0.3) is 0 Å². The first kappa shape index (κ1) is 17.1. The molecule has 0 aliphatic rings. The minimum absolute atomic E-state index is 0.0474. The van der Waals surface area contributed by atoms with E-state index >= 15 is 0 Å². The van der Waals surface area contributed by atoms with Crippen molar-refractivity contribution in [2.45, 2.75) is 6.42 Å². The van der Waals surface area contributed by atoms with Crippen molar-refractivity contribution in [2.24, 2.45) is 0 Å². The van der Waals surface area contributed by atoms with Gasteiger partial charge in [-0.3, -0.25) is 14.9 Å². The zero-order valence-electron chi connectivity index (χ0n) is 13.1. The highest BCUT2D eigenvalue weighted by Crippen LogP contribution is 2.22. The number of nitrogens with zero attached hydrogens (tertiary/aromatic N) is 1. The van der Waals surface area contributed by atoms with E-state index in [1.54, 1.807) is 12.1 Å². The normalized spacial score (nSPS) is 10.1. The first-order valence-corrected chi connectivity index (χ1v) is 6.99. The summed E-state index contributed by atoms with van der Waals surface area (Å²) in [6, 6.07) is 10.2. The van der Waals surface area contributed by atoms with Gasteiger partial charge in [-0.05, 0) is 29.8 Å². The maximum atomic E-state index is 12.3. The van der Waals surface area contributed by atoms with Crippen LogP contribution < -0.4 is 4.74 Å². The number of Topliss-reactive ketones (excluding diaryl/α,β-unsaturated/α-hetero) is 1. The Morgan fingerprint density at radius 3 is 2.29 bits per heavy atom. The lowest BCUT2D eigenvalue weighted by atomic mass is 10.0. The van der Waals surface area contributed by atoms with Crippen molar-refractivity contribution in [1.29, 1.82) is 0 Å². The fraction of sp³-hybridized carbons (Fsp3) is 0.176. The van der Waals surface area contributed by atoms with Crippen LogP contribution in [0.2, 0.25) is 0 Å². The summed E-state index contributed by atoms with van der Waals surface area (Å²) in [6.45, 7) is 0. The average molecular weight is 329 g/mol. The second-order valence-corrected chi connectivity index (χ2v) is 4.93. The summed E-state index contributed by atoms with van der Waals surface area (Å²) in [7, 11) is 2.69. The SMILES string of the molecule is COC(=O)c1cc(CC(=O)c2ccc([N+](=O)[O-])cc2)ccc1OC. The van der Waals surface area contributed by atoms with E-state index in [2.05, 4.69) is 0 Å². The Labute approximate surface area is 138 Å². The van der Waals surface area contributed by atoms with Gasteiger partial charge in [-0.25, -0.2) is 4.79 Å². The van der Waals surface area contributed by atoms with Crippen molar-refractivity contribution in [1.82, 2.24) is 0 Å². The van der Waals surface area contributed by atoms with Gasteiger partial charge in [0.25, 0.3) is 5.69 Å². The Hall–Kier alpha value is -3.22. The lowest BCUT2D eigenvalue weighted by Crippen LogP contribution is -2.08. The minimum Gasteiger partial charge on any atom is -0.496 e. The molecule has 24 heavy (non-hydrogen) atoms. The van der Waals surface area contributed by atoms with Crippen molar-refractivity contribution in [3.8, 4) is 5.75 Å². The Kier molecular flexibility index (Phi) is 5.26. The van der Waals surface area contributed by atoms with E-state index in [0.29, 0.717) is 16.9 Å². The van der Waals surface area contributed by atoms with Gasteiger partial charge in [0.2, 0.25) is 0 Å². The predicted molar refractivity (Wildman–Crippen MR) is 85.5 cm³/mol. The van der Waals surface area contributed by atoms with Crippen molar-refractivity contribution in [2.75, 3.05) is 14.2 Å². The van der Waals surface area contributed by atoms with Gasteiger partial charge in [-0.15, -0.1) is 0 Å². The number of hydrogen-bond acceptors (Lipinski definition) is 6. The number of hydrogen-bond donors (Lipinski definition) is 0. The number of rotatable bonds is 6. The molecule has 124 valence electrons. The molecule has 0 bridgehead atoms. The van der Waals surface area contributed by atoms with Gasteiger partial charge in [0.05, 0.1) is 19.1 Å². The van der Waals surface area contributed by atoms with E-state index in [1.165, 1.54) is 44.6 Å². The third kappa shape index (κ3) is 3.75.